The molecule has 0 saturated carbocycles. The second-order valence-corrected chi connectivity index (χ2v) is 1.99. The SMILES string of the molecule is O=[N+](O)c1cccnc1[S-]. The van der Waals surface area contributed by atoms with Crippen molar-refractivity contribution >= 4 is 18.3 Å². The van der Waals surface area contributed by atoms with Gasteiger partial charge in [-0.05, 0) is 11.1 Å². The summed E-state index contributed by atoms with van der Waals surface area (Å²) in [5.41, 5.74) is -0.00231. The normalized spacial score (nSPS) is 9.20. The van der Waals surface area contributed by atoms with Crippen molar-refractivity contribution in [3.05, 3.63) is 23.2 Å². The number of aromatic nitrogens is 1. The maximum Gasteiger partial charge on any atom is 0.315 e. The van der Waals surface area contributed by atoms with E-state index in [1.165, 1.54) is 18.3 Å². The van der Waals surface area contributed by atoms with Gasteiger partial charge in [0.1, 0.15) is 0 Å². The van der Waals surface area contributed by atoms with E-state index in [4.69, 9.17) is 5.21 Å². The van der Waals surface area contributed by atoms with Crippen molar-refractivity contribution in [1.29, 1.82) is 0 Å². The Labute approximate surface area is 62.5 Å². The first-order chi connectivity index (χ1) is 4.72. The third kappa shape index (κ3) is 1.19. The fourth-order valence-corrected chi connectivity index (χ4v) is 0.735. The summed E-state index contributed by atoms with van der Waals surface area (Å²) in [4.78, 5) is 13.5. The maximum atomic E-state index is 10.2. The summed E-state index contributed by atoms with van der Waals surface area (Å²) in [5.74, 6) is 0. The van der Waals surface area contributed by atoms with E-state index >= 15 is 0 Å². The summed E-state index contributed by atoms with van der Waals surface area (Å²) in [7, 11) is 0. The standard InChI is InChI=1S/C5H4N2O2S/c8-7(9)4-2-1-3-6-5(4)10/h1-3H,(H-,6,8,9,10). The van der Waals surface area contributed by atoms with Crippen molar-refractivity contribution in [3.8, 4) is 0 Å². The Kier molecular flexibility index (Phi) is 1.77. The molecule has 0 saturated heterocycles. The van der Waals surface area contributed by atoms with Gasteiger partial charge in [-0.25, -0.2) is 5.21 Å². The minimum atomic E-state index is -0.296. The number of hydrogen-bond donors (Lipinski definition) is 1. The van der Waals surface area contributed by atoms with Crippen LogP contribution in [0.3, 0.4) is 0 Å². The van der Waals surface area contributed by atoms with Crippen LogP contribution in [0.25, 0.3) is 0 Å². The molecular formula is C5H4N2O2S. The minimum Gasteiger partial charge on any atom is -0.753 e. The molecule has 0 amide bonds. The van der Waals surface area contributed by atoms with Gasteiger partial charge in [0.05, 0.1) is 4.91 Å². The van der Waals surface area contributed by atoms with Gasteiger partial charge in [0.25, 0.3) is 4.92 Å². The smallest absolute Gasteiger partial charge is 0.315 e. The highest BCUT2D eigenvalue weighted by Gasteiger charge is 2.09. The monoisotopic (exact) mass is 156 g/mol. The largest absolute Gasteiger partial charge is 0.753 e. The van der Waals surface area contributed by atoms with E-state index in [1.807, 2.05) is 0 Å². The van der Waals surface area contributed by atoms with Gasteiger partial charge in [-0.3, -0.25) is 4.98 Å². The Morgan fingerprint density at radius 2 is 2.40 bits per heavy atom. The van der Waals surface area contributed by atoms with Crippen LogP contribution in [0, 0.1) is 4.91 Å². The summed E-state index contributed by atoms with van der Waals surface area (Å²) >= 11 is 4.62. The van der Waals surface area contributed by atoms with E-state index in [2.05, 4.69) is 17.6 Å². The average Bonchev–Trinajstić information content (AvgIpc) is 1.88. The van der Waals surface area contributed by atoms with Gasteiger partial charge in [-0.2, -0.15) is 0 Å². The molecule has 0 unspecified atom stereocenters. The first-order valence-electron chi connectivity index (χ1n) is 2.50. The highest BCUT2D eigenvalue weighted by Crippen LogP contribution is 2.12. The van der Waals surface area contributed by atoms with E-state index in [1.54, 1.807) is 0 Å². The lowest BCUT2D eigenvalue weighted by molar-refractivity contribution is -0.731. The second-order valence-electron chi connectivity index (χ2n) is 1.60. The van der Waals surface area contributed by atoms with E-state index in [0.29, 0.717) is 0 Å². The molecule has 52 valence electrons. The lowest BCUT2D eigenvalue weighted by atomic mass is 10.4. The molecular weight excluding hydrogens is 152 g/mol. The quantitative estimate of drug-likeness (QED) is 0.482. The van der Waals surface area contributed by atoms with E-state index < -0.39 is 0 Å². The maximum absolute atomic E-state index is 10.2. The van der Waals surface area contributed by atoms with Crippen molar-refractivity contribution in [2.45, 2.75) is 5.03 Å². The first-order valence-corrected chi connectivity index (χ1v) is 2.91. The van der Waals surface area contributed by atoms with Crippen LogP contribution < -0.4 is 0 Å². The van der Waals surface area contributed by atoms with Gasteiger partial charge < -0.3 is 12.6 Å². The molecule has 0 aliphatic carbocycles. The van der Waals surface area contributed by atoms with E-state index in [-0.39, 0.29) is 15.6 Å². The van der Waals surface area contributed by atoms with Gasteiger partial charge in [-0.15, -0.1) is 0 Å². The molecule has 0 aliphatic heterocycles. The van der Waals surface area contributed by atoms with Gasteiger partial charge in [0.2, 0.25) is 0 Å². The molecule has 4 nitrogen and oxygen atoms in total. The third-order valence-electron chi connectivity index (χ3n) is 0.957. The number of pyridine rings is 1. The zero-order chi connectivity index (χ0) is 7.56. The Balaban J connectivity index is 3.15. The summed E-state index contributed by atoms with van der Waals surface area (Å²) in [6.07, 6.45) is 1.45. The topological polar surface area (TPSA) is 53.2 Å². The van der Waals surface area contributed by atoms with Crippen molar-refractivity contribution < 1.29 is 10.1 Å². The molecule has 0 bridgehead atoms. The van der Waals surface area contributed by atoms with Crippen LogP contribution in [0.15, 0.2) is 23.4 Å². The molecule has 1 aromatic heterocycles. The lowest BCUT2D eigenvalue weighted by Gasteiger charge is -1.98. The number of hydrogen-bond acceptors (Lipinski definition) is 3. The van der Waals surface area contributed by atoms with E-state index in [0.717, 1.165) is 0 Å². The summed E-state index contributed by atoms with van der Waals surface area (Å²) in [6.45, 7) is 0. The van der Waals surface area contributed by atoms with Gasteiger partial charge >= 0.3 is 5.69 Å². The molecule has 0 spiro atoms. The summed E-state index contributed by atoms with van der Waals surface area (Å²) in [5, 5.41) is 8.47. The molecule has 0 atom stereocenters. The van der Waals surface area contributed by atoms with Crippen molar-refractivity contribution in [2.24, 2.45) is 0 Å². The molecule has 0 fully saturated rings. The van der Waals surface area contributed by atoms with Crippen LogP contribution in [0.5, 0.6) is 0 Å². The van der Waals surface area contributed by atoms with Crippen molar-refractivity contribution in [1.82, 2.24) is 4.98 Å². The van der Waals surface area contributed by atoms with Crippen LogP contribution in [-0.4, -0.2) is 15.1 Å². The Hall–Kier alpha value is -1.23. The van der Waals surface area contributed by atoms with Crippen molar-refractivity contribution in [3.63, 3.8) is 0 Å². The summed E-state index contributed by atoms with van der Waals surface area (Å²) < 4.78 is 0. The van der Waals surface area contributed by atoms with Gasteiger partial charge in [-0.1, -0.05) is 0 Å². The first kappa shape index (κ1) is 6.88. The molecule has 10 heavy (non-hydrogen) atoms. The van der Waals surface area contributed by atoms with Crippen LogP contribution >= 0.6 is 0 Å². The van der Waals surface area contributed by atoms with Gasteiger partial charge in [0, 0.05) is 12.3 Å². The Morgan fingerprint density at radius 3 is 2.80 bits per heavy atom. The predicted molar refractivity (Wildman–Crippen MR) is 34.9 cm³/mol. The van der Waals surface area contributed by atoms with Gasteiger partial charge in [0.15, 0.2) is 0 Å². The number of rotatable bonds is 1. The number of nitrogens with zero attached hydrogens (tertiary/aromatic N) is 2. The van der Waals surface area contributed by atoms with Crippen LogP contribution in [0.1, 0.15) is 0 Å². The zero-order valence-electron chi connectivity index (χ0n) is 4.89. The molecule has 1 rings (SSSR count). The molecule has 1 heterocycles. The summed E-state index contributed by atoms with van der Waals surface area (Å²) in [6, 6.07) is 2.91. The predicted octanol–water partition coefficient (Wildman–Crippen LogP) is 0.787. The highest BCUT2D eigenvalue weighted by molar-refractivity contribution is 7.58. The fourth-order valence-electron chi connectivity index (χ4n) is 0.528. The minimum absolute atomic E-state index is 0.00231. The van der Waals surface area contributed by atoms with E-state index in [9.17, 15) is 4.91 Å². The van der Waals surface area contributed by atoms with Crippen LogP contribution in [0.2, 0.25) is 0 Å². The van der Waals surface area contributed by atoms with Crippen LogP contribution in [-0.2, 0) is 12.6 Å². The van der Waals surface area contributed by atoms with Crippen molar-refractivity contribution in [2.75, 3.05) is 0 Å². The van der Waals surface area contributed by atoms with Crippen LogP contribution in [0.4, 0.5) is 5.69 Å². The Bertz CT molecular complexity index is 264. The third-order valence-corrected chi connectivity index (χ3v) is 1.27. The lowest BCUT2D eigenvalue weighted by Crippen LogP contribution is -1.94. The molecule has 0 radical (unpaired) electrons. The zero-order valence-corrected chi connectivity index (χ0v) is 5.71. The molecule has 0 aromatic carbocycles. The molecule has 0 aliphatic rings. The fraction of sp³-hybridized carbons (Fsp3) is 0. The molecule has 1 N–H and O–H groups in total. The molecule has 5 heteroatoms. The average molecular weight is 156 g/mol. The highest BCUT2D eigenvalue weighted by atomic mass is 32.1. The Morgan fingerprint density at radius 1 is 1.70 bits per heavy atom. The molecule has 1 aromatic rings. The second kappa shape index (κ2) is 2.57.